The van der Waals surface area contributed by atoms with Gasteiger partial charge in [0.15, 0.2) is 0 Å². The molecule has 0 unspecified atom stereocenters. The van der Waals surface area contributed by atoms with Crippen LogP contribution in [0.2, 0.25) is 10.0 Å². The van der Waals surface area contributed by atoms with E-state index in [0.29, 0.717) is 13.0 Å². The smallest absolute Gasteiger partial charge is 0.244 e. The number of nitrogen functional groups attached to an aromatic ring is 1. The first-order chi connectivity index (χ1) is 12.7. The molecule has 5 nitrogen and oxygen atoms in total. The van der Waals surface area contributed by atoms with Gasteiger partial charge in [-0.05, 0) is 42.7 Å². The maximum absolute atomic E-state index is 12.8. The molecular formula is C19H23Cl2N3O2S. The summed E-state index contributed by atoms with van der Waals surface area (Å²) >= 11 is 11.9. The van der Waals surface area contributed by atoms with Gasteiger partial charge in [-0.25, -0.2) is 13.1 Å². The summed E-state index contributed by atoms with van der Waals surface area (Å²) in [7, 11) is -3.89. The van der Waals surface area contributed by atoms with Crippen LogP contribution in [0.25, 0.3) is 6.08 Å². The van der Waals surface area contributed by atoms with Crippen LogP contribution in [-0.4, -0.2) is 21.0 Å². The van der Waals surface area contributed by atoms with Gasteiger partial charge in [-0.2, -0.15) is 0 Å². The van der Waals surface area contributed by atoms with E-state index in [-0.39, 0.29) is 26.7 Å². The third-order valence-corrected chi connectivity index (χ3v) is 6.41. The Morgan fingerprint density at radius 1 is 1.26 bits per heavy atom. The topological polar surface area (TPSA) is 84.2 Å². The maximum atomic E-state index is 12.8. The molecule has 0 saturated heterocycles. The van der Waals surface area contributed by atoms with Crippen molar-refractivity contribution in [1.82, 2.24) is 4.72 Å². The number of rotatable bonds is 8. The van der Waals surface area contributed by atoms with Crippen LogP contribution >= 0.6 is 23.2 Å². The number of aryl methyl sites for hydroxylation is 1. The highest BCUT2D eigenvalue weighted by Crippen LogP contribution is 2.31. The van der Waals surface area contributed by atoms with Gasteiger partial charge in [0.2, 0.25) is 10.0 Å². The van der Waals surface area contributed by atoms with Crippen molar-refractivity contribution in [2.75, 3.05) is 17.6 Å². The first kappa shape index (κ1) is 21.6. The van der Waals surface area contributed by atoms with Gasteiger partial charge < -0.3 is 11.1 Å². The van der Waals surface area contributed by atoms with E-state index in [4.69, 9.17) is 28.9 Å². The minimum absolute atomic E-state index is 0.00818. The Morgan fingerprint density at radius 3 is 2.52 bits per heavy atom. The largest absolute Gasteiger partial charge is 0.398 e. The van der Waals surface area contributed by atoms with Crippen molar-refractivity contribution in [1.29, 1.82) is 0 Å². The highest BCUT2D eigenvalue weighted by atomic mass is 35.5. The van der Waals surface area contributed by atoms with E-state index in [2.05, 4.69) is 16.6 Å². The van der Waals surface area contributed by atoms with Gasteiger partial charge in [0.1, 0.15) is 4.90 Å². The van der Waals surface area contributed by atoms with Gasteiger partial charge in [0.05, 0.1) is 10.7 Å². The number of halogens is 2. The Bertz CT molecular complexity index is 923. The van der Waals surface area contributed by atoms with Crippen molar-refractivity contribution in [3.63, 3.8) is 0 Å². The van der Waals surface area contributed by atoms with Gasteiger partial charge in [-0.15, -0.1) is 0 Å². The molecule has 2 rings (SSSR count). The van der Waals surface area contributed by atoms with E-state index in [1.165, 1.54) is 12.1 Å². The lowest BCUT2D eigenvalue weighted by atomic mass is 10.1. The number of nitrogens with two attached hydrogens (primary N) is 1. The van der Waals surface area contributed by atoms with Crippen LogP contribution in [0.3, 0.4) is 0 Å². The maximum Gasteiger partial charge on any atom is 0.244 e. The third kappa shape index (κ3) is 5.39. The summed E-state index contributed by atoms with van der Waals surface area (Å²) in [5, 5.41) is 3.55. The molecular weight excluding hydrogens is 405 g/mol. The van der Waals surface area contributed by atoms with Crippen molar-refractivity contribution in [3.8, 4) is 0 Å². The van der Waals surface area contributed by atoms with E-state index in [9.17, 15) is 8.42 Å². The molecule has 0 aliphatic heterocycles. The number of hydrogen-bond acceptors (Lipinski definition) is 4. The SMILES string of the molecule is C=Cc1ccc(NC[C@H](CC)NS(=O)(=O)c2c(N)cc(Cl)cc2Cl)c(C)c1. The van der Waals surface area contributed by atoms with Crippen LogP contribution in [0.4, 0.5) is 11.4 Å². The molecule has 0 aliphatic carbocycles. The molecule has 0 heterocycles. The Balaban J connectivity index is 2.16. The first-order valence-corrected chi connectivity index (χ1v) is 10.7. The highest BCUT2D eigenvalue weighted by Gasteiger charge is 2.25. The fourth-order valence-corrected chi connectivity index (χ4v) is 4.96. The molecule has 0 saturated carbocycles. The normalized spacial score (nSPS) is 12.6. The van der Waals surface area contributed by atoms with Crippen LogP contribution in [-0.2, 0) is 10.0 Å². The Labute approximate surface area is 170 Å². The number of hydrogen-bond donors (Lipinski definition) is 3. The van der Waals surface area contributed by atoms with Crippen molar-refractivity contribution >= 4 is 50.7 Å². The summed E-state index contributed by atoms with van der Waals surface area (Å²) in [6, 6.07) is 8.28. The third-order valence-electron chi connectivity index (χ3n) is 4.15. The molecule has 2 aromatic rings. The van der Waals surface area contributed by atoms with Gasteiger partial charge in [0, 0.05) is 23.3 Å². The van der Waals surface area contributed by atoms with E-state index in [0.717, 1.165) is 16.8 Å². The second-order valence-electron chi connectivity index (χ2n) is 6.19. The monoisotopic (exact) mass is 427 g/mol. The lowest BCUT2D eigenvalue weighted by Gasteiger charge is -2.20. The Kier molecular flexibility index (Phi) is 7.17. The summed E-state index contributed by atoms with van der Waals surface area (Å²) in [5.41, 5.74) is 8.85. The van der Waals surface area contributed by atoms with Crippen molar-refractivity contribution in [2.45, 2.75) is 31.2 Å². The minimum atomic E-state index is -3.89. The van der Waals surface area contributed by atoms with E-state index in [1.54, 1.807) is 6.08 Å². The Hall–Kier alpha value is -1.73. The van der Waals surface area contributed by atoms with Crippen LogP contribution in [0, 0.1) is 6.92 Å². The van der Waals surface area contributed by atoms with Crippen LogP contribution < -0.4 is 15.8 Å². The van der Waals surface area contributed by atoms with E-state index in [1.807, 2.05) is 32.0 Å². The van der Waals surface area contributed by atoms with Gasteiger partial charge in [-0.1, -0.05) is 54.9 Å². The molecule has 0 radical (unpaired) electrons. The molecule has 0 aliphatic rings. The molecule has 1 atom stereocenters. The summed E-state index contributed by atoms with van der Waals surface area (Å²) in [4.78, 5) is -0.154. The summed E-state index contributed by atoms with van der Waals surface area (Å²) < 4.78 is 28.2. The quantitative estimate of drug-likeness (QED) is 0.533. The molecule has 0 aromatic heterocycles. The number of sulfonamides is 1. The van der Waals surface area contributed by atoms with Crippen molar-refractivity contribution < 1.29 is 8.42 Å². The zero-order valence-electron chi connectivity index (χ0n) is 15.2. The molecule has 27 heavy (non-hydrogen) atoms. The summed E-state index contributed by atoms with van der Waals surface area (Å²) in [6.07, 6.45) is 2.36. The molecule has 4 N–H and O–H groups in total. The number of anilines is 2. The van der Waals surface area contributed by atoms with E-state index < -0.39 is 10.0 Å². The molecule has 8 heteroatoms. The summed E-state index contributed by atoms with van der Waals surface area (Å²) in [5.74, 6) is 0. The van der Waals surface area contributed by atoms with Crippen LogP contribution in [0.15, 0.2) is 41.8 Å². The fraction of sp³-hybridized carbons (Fsp3) is 0.263. The van der Waals surface area contributed by atoms with E-state index >= 15 is 0 Å². The summed E-state index contributed by atoms with van der Waals surface area (Å²) in [6.45, 7) is 8.04. The molecule has 2 aromatic carbocycles. The Morgan fingerprint density at radius 2 is 1.96 bits per heavy atom. The molecule has 146 valence electrons. The molecule has 0 fully saturated rings. The lowest BCUT2D eigenvalue weighted by molar-refractivity contribution is 0.548. The second kappa shape index (κ2) is 8.97. The zero-order valence-corrected chi connectivity index (χ0v) is 17.5. The predicted molar refractivity (Wildman–Crippen MR) is 115 cm³/mol. The van der Waals surface area contributed by atoms with Crippen LogP contribution in [0.1, 0.15) is 24.5 Å². The van der Waals surface area contributed by atoms with Crippen molar-refractivity contribution in [3.05, 3.63) is 58.1 Å². The standard InChI is InChI=1S/C19H23Cl2N3O2S/c1-4-13-6-7-18(12(3)8-13)23-11-15(5-2)24-27(25,26)19-16(21)9-14(20)10-17(19)22/h4,6-10,15,23-24H,1,5,11,22H2,2-3H3/t15-/m0/s1. The first-order valence-electron chi connectivity index (χ1n) is 8.41. The zero-order chi connectivity index (χ0) is 20.2. The average Bonchev–Trinajstić information content (AvgIpc) is 2.57. The highest BCUT2D eigenvalue weighted by molar-refractivity contribution is 7.89. The van der Waals surface area contributed by atoms with Crippen LogP contribution in [0.5, 0.6) is 0 Å². The average molecular weight is 428 g/mol. The van der Waals surface area contributed by atoms with Gasteiger partial charge >= 0.3 is 0 Å². The fourth-order valence-electron chi connectivity index (χ4n) is 2.66. The lowest BCUT2D eigenvalue weighted by Crippen LogP contribution is -2.39. The van der Waals surface area contributed by atoms with Gasteiger partial charge in [-0.3, -0.25) is 0 Å². The molecule has 0 bridgehead atoms. The molecule has 0 amide bonds. The van der Waals surface area contributed by atoms with Gasteiger partial charge in [0.25, 0.3) is 0 Å². The second-order valence-corrected chi connectivity index (χ2v) is 8.69. The minimum Gasteiger partial charge on any atom is -0.398 e. The predicted octanol–water partition coefficient (Wildman–Crippen LogP) is 4.70. The number of benzene rings is 2. The molecule has 0 spiro atoms. The number of nitrogens with one attached hydrogen (secondary N) is 2. The van der Waals surface area contributed by atoms with Crippen molar-refractivity contribution in [2.24, 2.45) is 0 Å².